The van der Waals surface area contributed by atoms with Crippen LogP contribution in [0.4, 0.5) is 8.78 Å². The Morgan fingerprint density at radius 3 is 2.46 bits per heavy atom. The first-order valence-electron chi connectivity index (χ1n) is 6.44. The first-order valence-corrected chi connectivity index (χ1v) is 7.26. The molecular formula is C14H7F2N5O2S. The summed E-state index contributed by atoms with van der Waals surface area (Å²) >= 11 is 1.09. The van der Waals surface area contributed by atoms with Gasteiger partial charge in [-0.25, -0.2) is 0 Å². The van der Waals surface area contributed by atoms with Crippen molar-refractivity contribution in [3.63, 3.8) is 0 Å². The third-order valence-corrected chi connectivity index (χ3v) is 3.45. The van der Waals surface area contributed by atoms with Crippen LogP contribution in [-0.2, 0) is 0 Å². The van der Waals surface area contributed by atoms with E-state index in [2.05, 4.69) is 25.1 Å². The molecule has 0 saturated heterocycles. The summed E-state index contributed by atoms with van der Waals surface area (Å²) in [5.74, 6) is 0.262. The highest BCUT2D eigenvalue weighted by molar-refractivity contribution is 7.99. The number of hydrogen-bond donors (Lipinski definition) is 0. The quantitative estimate of drug-likeness (QED) is 0.694. The van der Waals surface area contributed by atoms with Crippen LogP contribution in [0.2, 0.25) is 0 Å². The van der Waals surface area contributed by atoms with E-state index < -0.39 is 6.61 Å². The molecule has 2 aromatic heterocycles. The summed E-state index contributed by atoms with van der Waals surface area (Å²) in [5, 5.41) is 24.7. The Kier molecular flexibility index (Phi) is 4.62. The van der Waals surface area contributed by atoms with Crippen LogP contribution in [0.3, 0.4) is 0 Å². The van der Waals surface area contributed by atoms with Crippen LogP contribution in [0.1, 0.15) is 5.69 Å². The van der Waals surface area contributed by atoms with Gasteiger partial charge in [-0.3, -0.25) is 0 Å². The second kappa shape index (κ2) is 7.01. The summed E-state index contributed by atoms with van der Waals surface area (Å²) in [5.41, 5.74) is 0.763. The molecule has 0 aliphatic carbocycles. The van der Waals surface area contributed by atoms with Crippen molar-refractivity contribution >= 4 is 11.8 Å². The number of nitrogens with zero attached hydrogens (tertiary/aromatic N) is 5. The molecule has 0 saturated carbocycles. The Labute approximate surface area is 138 Å². The van der Waals surface area contributed by atoms with Crippen molar-refractivity contribution in [3.8, 4) is 23.3 Å². The van der Waals surface area contributed by atoms with Crippen molar-refractivity contribution in [2.75, 3.05) is 0 Å². The van der Waals surface area contributed by atoms with Crippen LogP contribution >= 0.6 is 11.8 Å². The van der Waals surface area contributed by atoms with Gasteiger partial charge in [0, 0.05) is 5.56 Å². The molecule has 0 aliphatic rings. The molecule has 24 heavy (non-hydrogen) atoms. The molecule has 0 bridgehead atoms. The van der Waals surface area contributed by atoms with Gasteiger partial charge >= 0.3 is 6.61 Å². The minimum Gasteiger partial charge on any atom is -0.435 e. The molecule has 3 rings (SSSR count). The first-order chi connectivity index (χ1) is 11.6. The summed E-state index contributed by atoms with van der Waals surface area (Å²) in [6, 6.07) is 10.8. The molecule has 0 N–H and O–H groups in total. The van der Waals surface area contributed by atoms with E-state index in [0.29, 0.717) is 10.6 Å². The fraction of sp³-hybridized carbons (Fsp3) is 0.0714. The molecule has 0 fully saturated rings. The molecule has 2 heterocycles. The molecule has 0 amide bonds. The second-order valence-corrected chi connectivity index (χ2v) is 5.22. The third-order valence-electron chi connectivity index (χ3n) is 2.68. The second-order valence-electron chi connectivity index (χ2n) is 4.25. The van der Waals surface area contributed by atoms with Crippen LogP contribution in [0, 0.1) is 11.3 Å². The zero-order chi connectivity index (χ0) is 16.9. The minimum atomic E-state index is -2.88. The van der Waals surface area contributed by atoms with Gasteiger partial charge in [-0.1, -0.05) is 0 Å². The maximum atomic E-state index is 12.1. The average Bonchev–Trinajstić information content (AvgIpc) is 3.04. The van der Waals surface area contributed by atoms with Crippen LogP contribution in [0.5, 0.6) is 5.75 Å². The number of rotatable bonds is 5. The molecular weight excluding hydrogens is 340 g/mol. The highest BCUT2D eigenvalue weighted by Crippen LogP contribution is 2.28. The van der Waals surface area contributed by atoms with E-state index in [-0.39, 0.29) is 22.6 Å². The topological polar surface area (TPSA) is 97.7 Å². The standard InChI is InChI=1S/C14H7F2N5O2S/c15-13(16)22-10-4-1-8(2-5-10)12-20-21-14(23-12)24-11-6-3-9(7-17)18-19-11/h1-6,13H. The lowest BCUT2D eigenvalue weighted by molar-refractivity contribution is -0.0498. The van der Waals surface area contributed by atoms with Crippen LogP contribution in [0.25, 0.3) is 11.5 Å². The van der Waals surface area contributed by atoms with E-state index >= 15 is 0 Å². The molecule has 120 valence electrons. The lowest BCUT2D eigenvalue weighted by atomic mass is 10.2. The predicted octanol–water partition coefficient (Wildman–Crippen LogP) is 3.15. The van der Waals surface area contributed by atoms with Gasteiger partial charge in [0.05, 0.1) is 0 Å². The van der Waals surface area contributed by atoms with Gasteiger partial charge < -0.3 is 9.15 Å². The van der Waals surface area contributed by atoms with Gasteiger partial charge in [0.1, 0.15) is 16.8 Å². The fourth-order valence-electron chi connectivity index (χ4n) is 1.67. The number of hydrogen-bond acceptors (Lipinski definition) is 8. The molecule has 10 heteroatoms. The van der Waals surface area contributed by atoms with E-state index in [4.69, 9.17) is 9.68 Å². The van der Waals surface area contributed by atoms with Crippen molar-refractivity contribution in [1.29, 1.82) is 5.26 Å². The van der Waals surface area contributed by atoms with Crippen LogP contribution in [-0.4, -0.2) is 27.0 Å². The van der Waals surface area contributed by atoms with Gasteiger partial charge in [-0.2, -0.15) is 14.0 Å². The van der Waals surface area contributed by atoms with E-state index in [1.165, 1.54) is 30.3 Å². The number of nitriles is 1. The summed E-state index contributed by atoms with van der Waals surface area (Å²) in [4.78, 5) is 0. The largest absolute Gasteiger partial charge is 0.435 e. The highest BCUT2D eigenvalue weighted by atomic mass is 32.2. The zero-order valence-electron chi connectivity index (χ0n) is 11.8. The summed E-state index contributed by atoms with van der Waals surface area (Å²) in [6.45, 7) is -2.88. The zero-order valence-corrected chi connectivity index (χ0v) is 12.6. The molecule has 7 nitrogen and oxygen atoms in total. The Hall–Kier alpha value is -3.06. The van der Waals surface area contributed by atoms with Crippen molar-refractivity contribution in [2.45, 2.75) is 16.9 Å². The number of benzene rings is 1. The monoisotopic (exact) mass is 347 g/mol. The lowest BCUT2D eigenvalue weighted by Crippen LogP contribution is -2.01. The Bertz CT molecular complexity index is 862. The summed E-state index contributed by atoms with van der Waals surface area (Å²) in [6.07, 6.45) is 0. The fourth-order valence-corrected chi connectivity index (χ4v) is 2.27. The van der Waals surface area contributed by atoms with Crippen molar-refractivity contribution < 1.29 is 17.9 Å². The smallest absolute Gasteiger partial charge is 0.387 e. The predicted molar refractivity (Wildman–Crippen MR) is 77.2 cm³/mol. The van der Waals surface area contributed by atoms with Gasteiger partial charge in [0.15, 0.2) is 5.69 Å². The molecule has 1 aromatic carbocycles. The van der Waals surface area contributed by atoms with E-state index in [0.717, 1.165) is 11.8 Å². The molecule has 0 spiro atoms. The minimum absolute atomic E-state index is 0.0377. The Balaban J connectivity index is 1.71. The maximum Gasteiger partial charge on any atom is 0.387 e. The number of ether oxygens (including phenoxy) is 1. The van der Waals surface area contributed by atoms with E-state index in [1.807, 2.05) is 6.07 Å². The third kappa shape index (κ3) is 3.82. The normalized spacial score (nSPS) is 10.6. The lowest BCUT2D eigenvalue weighted by Gasteiger charge is -2.03. The van der Waals surface area contributed by atoms with Crippen molar-refractivity contribution in [2.24, 2.45) is 0 Å². The first kappa shape index (κ1) is 15.8. The van der Waals surface area contributed by atoms with Gasteiger partial charge in [0.2, 0.25) is 5.89 Å². The number of aromatic nitrogens is 4. The van der Waals surface area contributed by atoms with Crippen molar-refractivity contribution in [3.05, 3.63) is 42.1 Å². The van der Waals surface area contributed by atoms with Gasteiger partial charge in [-0.15, -0.1) is 20.4 Å². The van der Waals surface area contributed by atoms with Crippen molar-refractivity contribution in [1.82, 2.24) is 20.4 Å². The highest BCUT2D eigenvalue weighted by Gasteiger charge is 2.12. The summed E-state index contributed by atoms with van der Waals surface area (Å²) in [7, 11) is 0. The Morgan fingerprint density at radius 2 is 1.83 bits per heavy atom. The van der Waals surface area contributed by atoms with Crippen LogP contribution in [0.15, 0.2) is 51.1 Å². The molecule has 0 atom stereocenters. The van der Waals surface area contributed by atoms with E-state index in [9.17, 15) is 8.78 Å². The van der Waals surface area contributed by atoms with E-state index in [1.54, 1.807) is 6.07 Å². The molecule has 3 aromatic rings. The average molecular weight is 347 g/mol. The number of halogens is 2. The molecule has 0 unspecified atom stereocenters. The maximum absolute atomic E-state index is 12.1. The SMILES string of the molecule is N#Cc1ccc(Sc2nnc(-c3ccc(OC(F)F)cc3)o2)nn1. The summed E-state index contributed by atoms with van der Waals surface area (Å²) < 4.78 is 34.0. The number of alkyl halides is 2. The van der Waals surface area contributed by atoms with Gasteiger partial charge in [0.25, 0.3) is 5.22 Å². The molecule has 0 radical (unpaired) electrons. The molecule has 0 aliphatic heterocycles. The van der Waals surface area contributed by atoms with Crippen LogP contribution < -0.4 is 4.74 Å². The Morgan fingerprint density at radius 1 is 1.04 bits per heavy atom. The van der Waals surface area contributed by atoms with Gasteiger partial charge in [-0.05, 0) is 48.2 Å².